The highest BCUT2D eigenvalue weighted by atomic mass is 16.1. The Morgan fingerprint density at radius 3 is 1.65 bits per heavy atom. The summed E-state index contributed by atoms with van der Waals surface area (Å²) in [6.45, 7) is 3.15. The molecule has 0 aliphatic heterocycles. The molecular weight excluding hydrogens is 282 g/mol. The van der Waals surface area contributed by atoms with Crippen LogP contribution in [0.15, 0.2) is 29.2 Å². The Labute approximate surface area is 143 Å². The SMILES string of the molecule is CCCCCCCCCCCCCCCCn1ccccc1=O. The van der Waals surface area contributed by atoms with E-state index in [1.807, 2.05) is 22.9 Å². The van der Waals surface area contributed by atoms with E-state index in [2.05, 4.69) is 6.92 Å². The molecule has 0 bridgehead atoms. The fourth-order valence-electron chi connectivity index (χ4n) is 3.12. The molecule has 0 unspecified atom stereocenters. The fraction of sp³-hybridized carbons (Fsp3) is 0.762. The van der Waals surface area contributed by atoms with Gasteiger partial charge in [-0.25, -0.2) is 0 Å². The molecule has 0 saturated heterocycles. The molecule has 0 spiro atoms. The van der Waals surface area contributed by atoms with Crippen LogP contribution in [-0.2, 0) is 6.54 Å². The average Bonchev–Trinajstić information content (AvgIpc) is 2.57. The molecule has 0 atom stereocenters. The van der Waals surface area contributed by atoms with Gasteiger partial charge in [-0.3, -0.25) is 4.79 Å². The summed E-state index contributed by atoms with van der Waals surface area (Å²) < 4.78 is 1.82. The summed E-state index contributed by atoms with van der Waals surface area (Å²) >= 11 is 0. The highest BCUT2D eigenvalue weighted by Gasteiger charge is 1.96. The van der Waals surface area contributed by atoms with Gasteiger partial charge in [-0.15, -0.1) is 0 Å². The molecule has 132 valence electrons. The second kappa shape index (κ2) is 14.5. The summed E-state index contributed by atoms with van der Waals surface area (Å²) in [5, 5.41) is 0. The third-order valence-corrected chi connectivity index (χ3v) is 4.65. The third kappa shape index (κ3) is 11.2. The second-order valence-electron chi connectivity index (χ2n) is 6.83. The van der Waals surface area contributed by atoms with E-state index in [1.165, 1.54) is 83.5 Å². The zero-order chi connectivity index (χ0) is 16.6. The van der Waals surface area contributed by atoms with Gasteiger partial charge in [0.05, 0.1) is 0 Å². The normalized spacial score (nSPS) is 11.0. The molecule has 1 aromatic rings. The van der Waals surface area contributed by atoms with Crippen LogP contribution >= 0.6 is 0 Å². The molecule has 1 heterocycles. The maximum Gasteiger partial charge on any atom is 0.250 e. The topological polar surface area (TPSA) is 22.0 Å². The van der Waals surface area contributed by atoms with E-state index in [1.54, 1.807) is 6.07 Å². The molecule has 23 heavy (non-hydrogen) atoms. The monoisotopic (exact) mass is 319 g/mol. The molecule has 0 fully saturated rings. The lowest BCUT2D eigenvalue weighted by Crippen LogP contribution is -2.17. The van der Waals surface area contributed by atoms with Gasteiger partial charge in [0.15, 0.2) is 0 Å². The van der Waals surface area contributed by atoms with E-state index in [4.69, 9.17) is 0 Å². The largest absolute Gasteiger partial charge is 0.316 e. The lowest BCUT2D eigenvalue weighted by molar-refractivity contribution is 0.521. The Hall–Kier alpha value is -1.05. The van der Waals surface area contributed by atoms with Crippen LogP contribution in [0.2, 0.25) is 0 Å². The van der Waals surface area contributed by atoms with Crippen LogP contribution in [0.1, 0.15) is 96.8 Å². The van der Waals surface area contributed by atoms with Crippen LogP contribution in [0.4, 0.5) is 0 Å². The van der Waals surface area contributed by atoms with Gasteiger partial charge in [0, 0.05) is 18.8 Å². The van der Waals surface area contributed by atoms with Crippen molar-refractivity contribution >= 4 is 0 Å². The lowest BCUT2D eigenvalue weighted by atomic mass is 10.0. The van der Waals surface area contributed by atoms with Crippen LogP contribution in [0.5, 0.6) is 0 Å². The van der Waals surface area contributed by atoms with Crippen molar-refractivity contribution in [2.45, 2.75) is 103 Å². The van der Waals surface area contributed by atoms with E-state index < -0.39 is 0 Å². The zero-order valence-electron chi connectivity index (χ0n) is 15.3. The van der Waals surface area contributed by atoms with E-state index in [0.29, 0.717) is 0 Å². The van der Waals surface area contributed by atoms with Crippen molar-refractivity contribution in [2.24, 2.45) is 0 Å². The molecule has 2 heteroatoms. The van der Waals surface area contributed by atoms with Crippen LogP contribution in [-0.4, -0.2) is 4.57 Å². The van der Waals surface area contributed by atoms with Crippen LogP contribution in [0.25, 0.3) is 0 Å². The summed E-state index contributed by atoms with van der Waals surface area (Å²) in [7, 11) is 0. The quantitative estimate of drug-likeness (QED) is 0.346. The molecule has 0 saturated carbocycles. The van der Waals surface area contributed by atoms with Gasteiger partial charge in [-0.05, 0) is 12.5 Å². The van der Waals surface area contributed by atoms with Crippen molar-refractivity contribution in [3.8, 4) is 0 Å². The van der Waals surface area contributed by atoms with Crippen LogP contribution in [0, 0.1) is 0 Å². The first-order valence-corrected chi connectivity index (χ1v) is 10.00. The van der Waals surface area contributed by atoms with E-state index in [-0.39, 0.29) is 5.56 Å². The lowest BCUT2D eigenvalue weighted by Gasteiger charge is -2.05. The van der Waals surface area contributed by atoms with Gasteiger partial charge < -0.3 is 4.57 Å². The minimum Gasteiger partial charge on any atom is -0.316 e. The van der Waals surface area contributed by atoms with E-state index in [9.17, 15) is 4.79 Å². The maximum atomic E-state index is 11.5. The molecule has 2 nitrogen and oxygen atoms in total. The Kier molecular flexibility index (Phi) is 12.6. The Balaban J connectivity index is 1.80. The maximum absolute atomic E-state index is 11.5. The van der Waals surface area contributed by atoms with Crippen molar-refractivity contribution in [1.29, 1.82) is 0 Å². The highest BCUT2D eigenvalue weighted by Crippen LogP contribution is 2.13. The summed E-state index contributed by atoms with van der Waals surface area (Å²) in [6, 6.07) is 5.39. The number of hydrogen-bond acceptors (Lipinski definition) is 1. The molecule has 0 amide bonds. The fourth-order valence-corrected chi connectivity index (χ4v) is 3.12. The summed E-state index contributed by atoms with van der Waals surface area (Å²) in [5.41, 5.74) is 0.127. The van der Waals surface area contributed by atoms with Gasteiger partial charge >= 0.3 is 0 Å². The number of nitrogens with zero attached hydrogens (tertiary/aromatic N) is 1. The molecule has 1 rings (SSSR count). The van der Waals surface area contributed by atoms with Crippen molar-refractivity contribution in [2.75, 3.05) is 0 Å². The molecule has 0 aliphatic carbocycles. The zero-order valence-corrected chi connectivity index (χ0v) is 15.3. The first-order valence-electron chi connectivity index (χ1n) is 10.00. The van der Waals surface area contributed by atoms with Gasteiger partial charge in [0.2, 0.25) is 5.56 Å². The smallest absolute Gasteiger partial charge is 0.250 e. The van der Waals surface area contributed by atoms with Gasteiger partial charge in [-0.2, -0.15) is 0 Å². The minimum absolute atomic E-state index is 0.127. The number of pyridine rings is 1. The average molecular weight is 320 g/mol. The molecule has 0 aromatic carbocycles. The highest BCUT2D eigenvalue weighted by molar-refractivity contribution is 4.92. The summed E-state index contributed by atoms with van der Waals surface area (Å²) in [4.78, 5) is 11.5. The van der Waals surface area contributed by atoms with Crippen molar-refractivity contribution < 1.29 is 0 Å². The summed E-state index contributed by atoms with van der Waals surface area (Å²) in [5.74, 6) is 0. The first kappa shape index (κ1) is 20.0. The van der Waals surface area contributed by atoms with Crippen LogP contribution < -0.4 is 5.56 Å². The molecular formula is C21H37NO. The Morgan fingerprint density at radius 1 is 0.696 bits per heavy atom. The minimum atomic E-state index is 0.127. The molecule has 0 aliphatic rings. The van der Waals surface area contributed by atoms with Crippen molar-refractivity contribution in [3.05, 3.63) is 34.7 Å². The van der Waals surface area contributed by atoms with Gasteiger partial charge in [0.1, 0.15) is 0 Å². The number of aromatic nitrogens is 1. The Bertz CT molecular complexity index is 424. The Morgan fingerprint density at radius 2 is 1.17 bits per heavy atom. The van der Waals surface area contributed by atoms with E-state index in [0.717, 1.165) is 13.0 Å². The van der Waals surface area contributed by atoms with Crippen molar-refractivity contribution in [3.63, 3.8) is 0 Å². The van der Waals surface area contributed by atoms with Gasteiger partial charge in [-0.1, -0.05) is 96.5 Å². The van der Waals surface area contributed by atoms with Crippen LogP contribution in [0.3, 0.4) is 0 Å². The first-order chi connectivity index (χ1) is 11.3. The predicted octanol–water partition coefficient (Wildman–Crippen LogP) is 6.33. The standard InChI is InChI=1S/C21H37NO/c1-2-3-4-5-6-7-8-9-10-11-12-13-14-16-19-22-20-17-15-18-21(22)23/h15,17-18,20H,2-14,16,19H2,1H3. The summed E-state index contributed by atoms with van der Waals surface area (Å²) in [6.07, 6.45) is 21.1. The molecule has 0 radical (unpaired) electrons. The van der Waals surface area contributed by atoms with Gasteiger partial charge in [0.25, 0.3) is 0 Å². The van der Waals surface area contributed by atoms with E-state index >= 15 is 0 Å². The number of rotatable bonds is 15. The van der Waals surface area contributed by atoms with Crippen molar-refractivity contribution in [1.82, 2.24) is 4.57 Å². The molecule has 0 N–H and O–H groups in total. The number of hydrogen-bond donors (Lipinski definition) is 0. The second-order valence-corrected chi connectivity index (χ2v) is 6.83. The number of unbranched alkanes of at least 4 members (excludes halogenated alkanes) is 13. The predicted molar refractivity (Wildman–Crippen MR) is 101 cm³/mol. The third-order valence-electron chi connectivity index (χ3n) is 4.65. The number of aryl methyl sites for hydroxylation is 1. The molecule has 1 aromatic heterocycles.